The van der Waals surface area contributed by atoms with E-state index in [1.807, 2.05) is 0 Å². The number of fused-ring (bicyclic) bond motifs is 1. The molecule has 0 bridgehead atoms. The lowest BCUT2D eigenvalue weighted by Crippen LogP contribution is -3.19. The molecule has 0 saturated carbocycles. The lowest BCUT2D eigenvalue weighted by molar-refractivity contribution is -0.784. The topological polar surface area (TPSA) is 22.9 Å². The van der Waals surface area contributed by atoms with E-state index < -0.39 is 6.69 Å². The fourth-order valence-electron chi connectivity index (χ4n) is 2.98. The van der Waals surface area contributed by atoms with E-state index in [2.05, 4.69) is 30.3 Å². The molecule has 2 aliphatic heterocycles. The fraction of sp³-hybridized carbons (Fsp3) is 0.500. The maximum absolute atomic E-state index is 5.89. The monoisotopic (exact) mass is 219 g/mol. The summed E-state index contributed by atoms with van der Waals surface area (Å²) < 4.78 is 11.8. The molecule has 0 aliphatic carbocycles. The van der Waals surface area contributed by atoms with Crippen molar-refractivity contribution in [3.8, 4) is 0 Å². The molecule has 3 rings (SSSR count). The van der Waals surface area contributed by atoms with Crippen molar-refractivity contribution < 1.29 is 14.1 Å². The molecule has 2 aliphatic rings. The zero-order chi connectivity index (χ0) is 10.8. The predicted octanol–water partition coefficient (Wildman–Crippen LogP) is 0.113. The van der Waals surface area contributed by atoms with Crippen LogP contribution in [0.2, 0.25) is 6.32 Å². The average Bonchev–Trinajstić information content (AvgIpc) is 2.87. The van der Waals surface area contributed by atoms with Crippen LogP contribution in [0.4, 0.5) is 0 Å². The Bertz CT molecular complexity index is 347. The number of aryl methyl sites for hydroxylation is 1. The van der Waals surface area contributed by atoms with E-state index in [1.165, 1.54) is 10.4 Å². The Balaban J connectivity index is 1.66. The van der Waals surface area contributed by atoms with Crippen molar-refractivity contribution in [2.75, 3.05) is 26.3 Å². The molecule has 2 fully saturated rings. The van der Waals surface area contributed by atoms with Gasteiger partial charge in [-0.2, -0.15) is 0 Å². The van der Waals surface area contributed by atoms with Crippen molar-refractivity contribution in [3.63, 3.8) is 0 Å². The molecule has 0 radical (unpaired) electrons. The van der Waals surface area contributed by atoms with Crippen LogP contribution in [0, 0.1) is 0 Å². The smallest absolute Gasteiger partial charge is 0.471 e. The quantitative estimate of drug-likeness (QED) is 0.729. The van der Waals surface area contributed by atoms with Gasteiger partial charge in [-0.1, -0.05) is 42.2 Å². The number of rotatable bonds is 3. The molecular formula is C12H18BNO2. The molecule has 4 heteroatoms. The van der Waals surface area contributed by atoms with Gasteiger partial charge in [-0.3, -0.25) is 0 Å². The van der Waals surface area contributed by atoms with E-state index in [0.717, 1.165) is 39.0 Å². The van der Waals surface area contributed by atoms with Crippen LogP contribution >= 0.6 is 0 Å². The van der Waals surface area contributed by atoms with Crippen LogP contribution in [0.3, 0.4) is 0 Å². The third kappa shape index (κ3) is 1.77. The zero-order valence-electron chi connectivity index (χ0n) is 9.52. The van der Waals surface area contributed by atoms with Crippen LogP contribution in [-0.4, -0.2) is 33.0 Å². The number of nitrogens with one attached hydrogen (secondary N) is 1. The third-order valence-electron chi connectivity index (χ3n) is 3.90. The van der Waals surface area contributed by atoms with Crippen molar-refractivity contribution in [2.24, 2.45) is 0 Å². The van der Waals surface area contributed by atoms with Crippen molar-refractivity contribution in [1.29, 1.82) is 0 Å². The van der Waals surface area contributed by atoms with Crippen LogP contribution in [0.5, 0.6) is 0 Å². The first-order valence-electron chi connectivity index (χ1n) is 6.22. The SMILES string of the molecule is c1ccc(CC[B-]23OCC[NH+]2CCO3)cc1. The highest BCUT2D eigenvalue weighted by molar-refractivity contribution is 6.59. The Morgan fingerprint density at radius 3 is 2.44 bits per heavy atom. The van der Waals surface area contributed by atoms with Gasteiger partial charge in [-0.05, 0) is 6.42 Å². The first-order chi connectivity index (χ1) is 7.89. The highest BCUT2D eigenvalue weighted by atomic mass is 16.6. The molecule has 3 nitrogen and oxygen atoms in total. The van der Waals surface area contributed by atoms with Crippen LogP contribution in [0.15, 0.2) is 30.3 Å². The summed E-state index contributed by atoms with van der Waals surface area (Å²) in [6, 6.07) is 10.6. The molecule has 2 saturated heterocycles. The van der Waals surface area contributed by atoms with Gasteiger partial charge in [-0.25, -0.2) is 0 Å². The van der Waals surface area contributed by atoms with E-state index in [0.29, 0.717) is 0 Å². The number of benzene rings is 1. The largest absolute Gasteiger partial charge is 0.510 e. The van der Waals surface area contributed by atoms with Gasteiger partial charge in [0.1, 0.15) is 0 Å². The fourth-order valence-corrected chi connectivity index (χ4v) is 2.98. The molecule has 0 aromatic heterocycles. The molecule has 16 heavy (non-hydrogen) atoms. The van der Waals surface area contributed by atoms with Crippen molar-refractivity contribution >= 4 is 6.69 Å². The molecule has 1 N–H and O–H groups in total. The standard InChI is InChI=1S/C12H18BNO2/c1-2-4-12(5-3-1)6-7-13-14(8-10-15-13)9-11-16-13/h1-5,14H,6-11H2. The van der Waals surface area contributed by atoms with E-state index in [4.69, 9.17) is 9.31 Å². The van der Waals surface area contributed by atoms with Gasteiger partial charge >= 0.3 is 6.69 Å². The number of quaternary nitrogens is 1. The Hall–Kier alpha value is -0.835. The molecule has 0 unspecified atom stereocenters. The molecular weight excluding hydrogens is 201 g/mol. The third-order valence-corrected chi connectivity index (χ3v) is 3.90. The molecule has 0 amide bonds. The number of hydrogen-bond acceptors (Lipinski definition) is 2. The summed E-state index contributed by atoms with van der Waals surface area (Å²) in [5.74, 6) is 0. The summed E-state index contributed by atoms with van der Waals surface area (Å²) >= 11 is 0. The molecule has 2 heterocycles. The normalized spacial score (nSPS) is 32.9. The molecule has 1 aromatic rings. The zero-order valence-corrected chi connectivity index (χ0v) is 9.52. The molecule has 0 spiro atoms. The molecule has 0 atom stereocenters. The van der Waals surface area contributed by atoms with Gasteiger partial charge < -0.3 is 14.1 Å². The lowest BCUT2D eigenvalue weighted by atomic mass is 9.65. The van der Waals surface area contributed by atoms with E-state index >= 15 is 0 Å². The summed E-state index contributed by atoms with van der Waals surface area (Å²) in [6.07, 6.45) is 2.09. The summed E-state index contributed by atoms with van der Waals surface area (Å²) in [5.41, 5.74) is 1.38. The van der Waals surface area contributed by atoms with Gasteiger partial charge in [0.05, 0.1) is 26.3 Å². The predicted molar refractivity (Wildman–Crippen MR) is 63.3 cm³/mol. The van der Waals surface area contributed by atoms with Crippen molar-refractivity contribution in [3.05, 3.63) is 35.9 Å². The first kappa shape index (κ1) is 10.3. The summed E-state index contributed by atoms with van der Waals surface area (Å²) in [4.78, 5) is 1.54. The van der Waals surface area contributed by atoms with Crippen molar-refractivity contribution in [1.82, 2.24) is 0 Å². The molecule has 86 valence electrons. The maximum Gasteiger partial charge on any atom is 0.471 e. The maximum atomic E-state index is 5.89. The minimum atomic E-state index is -1.02. The van der Waals surface area contributed by atoms with Gasteiger partial charge in [0.2, 0.25) is 0 Å². The van der Waals surface area contributed by atoms with E-state index in [-0.39, 0.29) is 0 Å². The first-order valence-corrected chi connectivity index (χ1v) is 6.22. The van der Waals surface area contributed by atoms with Crippen LogP contribution in [0.25, 0.3) is 0 Å². The van der Waals surface area contributed by atoms with Crippen LogP contribution in [0.1, 0.15) is 5.56 Å². The summed E-state index contributed by atoms with van der Waals surface area (Å²) in [6.45, 7) is 2.95. The second-order valence-electron chi connectivity index (χ2n) is 4.79. The van der Waals surface area contributed by atoms with E-state index in [9.17, 15) is 0 Å². The van der Waals surface area contributed by atoms with Gasteiger partial charge in [-0.15, -0.1) is 0 Å². The minimum absolute atomic E-state index is 0.865. The Kier molecular flexibility index (Phi) is 2.71. The average molecular weight is 219 g/mol. The van der Waals surface area contributed by atoms with Crippen LogP contribution < -0.4 is 4.81 Å². The highest BCUT2D eigenvalue weighted by Crippen LogP contribution is 2.17. The number of hydrogen-bond donors (Lipinski definition) is 1. The lowest BCUT2D eigenvalue weighted by Gasteiger charge is -2.30. The summed E-state index contributed by atoms with van der Waals surface area (Å²) in [5, 5.41) is 0. The van der Waals surface area contributed by atoms with Gasteiger partial charge in [0.25, 0.3) is 0 Å². The Morgan fingerprint density at radius 1 is 1.06 bits per heavy atom. The second-order valence-corrected chi connectivity index (χ2v) is 4.79. The van der Waals surface area contributed by atoms with E-state index in [1.54, 1.807) is 0 Å². The minimum Gasteiger partial charge on any atom is -0.510 e. The Labute approximate surface area is 96.3 Å². The van der Waals surface area contributed by atoms with Gasteiger partial charge in [0.15, 0.2) is 0 Å². The second kappa shape index (κ2) is 4.20. The van der Waals surface area contributed by atoms with Gasteiger partial charge in [0, 0.05) is 0 Å². The Morgan fingerprint density at radius 2 is 1.75 bits per heavy atom. The van der Waals surface area contributed by atoms with Crippen molar-refractivity contribution in [2.45, 2.75) is 12.7 Å². The van der Waals surface area contributed by atoms with Crippen LogP contribution in [-0.2, 0) is 15.7 Å². The highest BCUT2D eigenvalue weighted by Gasteiger charge is 2.48. The molecule has 1 aromatic carbocycles. The summed E-state index contributed by atoms with van der Waals surface area (Å²) in [7, 11) is 0.